The van der Waals surface area contributed by atoms with Crippen LogP contribution < -0.4 is 0 Å². The fraction of sp³-hybridized carbons (Fsp3) is 0.500. The summed E-state index contributed by atoms with van der Waals surface area (Å²) in [4.78, 5) is 32.6. The Kier molecular flexibility index (Phi) is 7.28. The Morgan fingerprint density at radius 1 is 1.12 bits per heavy atom. The lowest BCUT2D eigenvalue weighted by Crippen LogP contribution is -2.52. The number of benzene rings is 1. The zero-order valence-electron chi connectivity index (χ0n) is 22.2. The standard InChI is InChI=1S/C26H28ClF3N6O4/c1-25(2,3)39-24(38)35-10-8-34(9-11-35)20(37)14-36-19(21(29)30)13-18(32-36)22-31-23(33-40-22)26(6-7-26)16-12-15(28)4-5-17(16)27/h4-5,12-13,21H,6-11,14H2,1-3H3. The molecule has 1 saturated heterocycles. The zero-order chi connectivity index (χ0) is 28.8. The van der Waals surface area contributed by atoms with Gasteiger partial charge in [0, 0.05) is 31.2 Å². The summed E-state index contributed by atoms with van der Waals surface area (Å²) in [5, 5.41) is 8.54. The van der Waals surface area contributed by atoms with Crippen LogP contribution in [0.15, 0.2) is 28.8 Å². The van der Waals surface area contributed by atoms with Gasteiger partial charge in [-0.15, -0.1) is 0 Å². The second-order valence-electron chi connectivity index (χ2n) is 10.9. The maximum atomic E-state index is 13.9. The minimum absolute atomic E-state index is 0.0160. The molecule has 2 aromatic heterocycles. The van der Waals surface area contributed by atoms with Gasteiger partial charge >= 0.3 is 6.09 Å². The average Bonchev–Trinajstić information content (AvgIpc) is 3.33. The van der Waals surface area contributed by atoms with E-state index in [0.29, 0.717) is 23.4 Å². The Morgan fingerprint density at radius 2 is 1.80 bits per heavy atom. The molecule has 2 amide bonds. The number of carbonyl (C=O) groups excluding carboxylic acids is 2. The van der Waals surface area contributed by atoms with Gasteiger partial charge in [0.2, 0.25) is 5.91 Å². The first-order valence-corrected chi connectivity index (χ1v) is 13.2. The van der Waals surface area contributed by atoms with E-state index in [-0.39, 0.29) is 43.6 Å². The van der Waals surface area contributed by atoms with Crippen molar-refractivity contribution in [1.29, 1.82) is 0 Å². The molecule has 5 rings (SSSR count). The third kappa shape index (κ3) is 5.65. The molecule has 1 aromatic carbocycles. The number of halogens is 4. The number of ether oxygens (including phenoxy) is 1. The normalized spacial score (nSPS) is 16.9. The molecule has 14 heteroatoms. The Labute approximate surface area is 233 Å². The summed E-state index contributed by atoms with van der Waals surface area (Å²) in [5.41, 5.74) is -1.34. The molecular formula is C26H28ClF3N6O4. The van der Waals surface area contributed by atoms with Crippen LogP contribution in [0.2, 0.25) is 5.02 Å². The molecule has 0 N–H and O–H groups in total. The molecule has 214 valence electrons. The summed E-state index contributed by atoms with van der Waals surface area (Å²) < 4.78 is 53.3. The van der Waals surface area contributed by atoms with E-state index < -0.39 is 47.5 Å². The Balaban J connectivity index is 1.29. The van der Waals surface area contributed by atoms with E-state index in [0.717, 1.165) is 10.7 Å². The van der Waals surface area contributed by atoms with Crippen molar-refractivity contribution in [3.05, 3.63) is 52.2 Å². The molecule has 0 spiro atoms. The van der Waals surface area contributed by atoms with Crippen molar-refractivity contribution >= 4 is 23.6 Å². The summed E-state index contributed by atoms with van der Waals surface area (Å²) in [5.74, 6) is -0.732. The second kappa shape index (κ2) is 10.4. The molecule has 0 atom stereocenters. The zero-order valence-corrected chi connectivity index (χ0v) is 22.9. The molecule has 0 radical (unpaired) electrons. The van der Waals surface area contributed by atoms with Crippen LogP contribution >= 0.6 is 11.6 Å². The first-order chi connectivity index (χ1) is 18.9. The Hall–Kier alpha value is -3.61. The summed E-state index contributed by atoms with van der Waals surface area (Å²) in [6.07, 6.45) is -2.16. The highest BCUT2D eigenvalue weighted by Gasteiger charge is 2.51. The van der Waals surface area contributed by atoms with Gasteiger partial charge in [0.25, 0.3) is 12.3 Å². The SMILES string of the molecule is CC(C)(C)OC(=O)N1CCN(C(=O)Cn2nc(-c3nc(C4(c5cc(F)ccc5Cl)CC4)no3)cc2C(F)F)CC1. The predicted octanol–water partition coefficient (Wildman–Crippen LogP) is 4.82. The maximum Gasteiger partial charge on any atom is 0.410 e. The van der Waals surface area contributed by atoms with Gasteiger partial charge in [-0.3, -0.25) is 9.48 Å². The van der Waals surface area contributed by atoms with E-state index in [9.17, 15) is 22.8 Å². The lowest BCUT2D eigenvalue weighted by atomic mass is 9.95. The summed E-state index contributed by atoms with van der Waals surface area (Å²) in [6.45, 7) is 5.84. The summed E-state index contributed by atoms with van der Waals surface area (Å²) >= 11 is 6.30. The van der Waals surface area contributed by atoms with Crippen molar-refractivity contribution < 1.29 is 32.0 Å². The molecule has 10 nitrogen and oxygen atoms in total. The molecule has 1 saturated carbocycles. The van der Waals surface area contributed by atoms with Gasteiger partial charge in [0.1, 0.15) is 23.7 Å². The van der Waals surface area contributed by atoms with Gasteiger partial charge in [0.05, 0.1) is 5.41 Å². The van der Waals surface area contributed by atoms with Gasteiger partial charge in [-0.1, -0.05) is 16.8 Å². The number of hydrogen-bond acceptors (Lipinski definition) is 7. The molecule has 1 aliphatic heterocycles. The number of alkyl halides is 2. The smallest absolute Gasteiger partial charge is 0.410 e. The molecular weight excluding hydrogens is 553 g/mol. The first-order valence-electron chi connectivity index (χ1n) is 12.8. The van der Waals surface area contributed by atoms with Crippen LogP contribution in [0.4, 0.5) is 18.0 Å². The maximum absolute atomic E-state index is 13.9. The topological polar surface area (TPSA) is 107 Å². The van der Waals surface area contributed by atoms with E-state index in [1.807, 2.05) is 0 Å². The van der Waals surface area contributed by atoms with Crippen LogP contribution in [-0.2, 0) is 21.5 Å². The number of nitrogens with zero attached hydrogens (tertiary/aromatic N) is 6. The molecule has 1 aliphatic carbocycles. The third-order valence-corrected chi connectivity index (χ3v) is 7.20. The average molecular weight is 581 g/mol. The van der Waals surface area contributed by atoms with Gasteiger partial charge in [-0.05, 0) is 63.4 Å². The summed E-state index contributed by atoms with van der Waals surface area (Å²) in [7, 11) is 0. The van der Waals surface area contributed by atoms with Crippen molar-refractivity contribution in [3.8, 4) is 11.6 Å². The van der Waals surface area contributed by atoms with Crippen molar-refractivity contribution in [3.63, 3.8) is 0 Å². The largest absolute Gasteiger partial charge is 0.444 e. The second-order valence-corrected chi connectivity index (χ2v) is 11.3. The quantitative estimate of drug-likeness (QED) is 0.411. The third-order valence-electron chi connectivity index (χ3n) is 6.87. The molecule has 0 unspecified atom stereocenters. The lowest BCUT2D eigenvalue weighted by molar-refractivity contribution is -0.133. The molecule has 40 heavy (non-hydrogen) atoms. The Bertz CT molecular complexity index is 1420. The van der Waals surface area contributed by atoms with Crippen LogP contribution in [0.25, 0.3) is 11.6 Å². The van der Waals surface area contributed by atoms with Crippen LogP contribution in [0.5, 0.6) is 0 Å². The van der Waals surface area contributed by atoms with Crippen LogP contribution in [0.3, 0.4) is 0 Å². The summed E-state index contributed by atoms with van der Waals surface area (Å²) in [6, 6.07) is 5.14. The van der Waals surface area contributed by atoms with Crippen molar-refractivity contribution in [2.45, 2.75) is 57.6 Å². The lowest BCUT2D eigenvalue weighted by Gasteiger charge is -2.35. The minimum atomic E-state index is -2.92. The highest BCUT2D eigenvalue weighted by Crippen LogP contribution is 2.54. The fourth-order valence-electron chi connectivity index (χ4n) is 4.66. The highest BCUT2D eigenvalue weighted by molar-refractivity contribution is 6.31. The van der Waals surface area contributed by atoms with Crippen LogP contribution in [0, 0.1) is 5.82 Å². The predicted molar refractivity (Wildman–Crippen MR) is 136 cm³/mol. The van der Waals surface area contributed by atoms with Crippen LogP contribution in [-0.4, -0.2) is 73.5 Å². The van der Waals surface area contributed by atoms with E-state index in [1.165, 1.54) is 28.0 Å². The minimum Gasteiger partial charge on any atom is -0.444 e. The number of amides is 2. The van der Waals surface area contributed by atoms with Crippen LogP contribution in [0.1, 0.15) is 57.1 Å². The fourth-order valence-corrected chi connectivity index (χ4v) is 4.95. The van der Waals surface area contributed by atoms with Crippen molar-refractivity contribution in [2.24, 2.45) is 0 Å². The molecule has 0 bridgehead atoms. The molecule has 3 heterocycles. The van der Waals surface area contributed by atoms with E-state index in [1.54, 1.807) is 20.8 Å². The van der Waals surface area contributed by atoms with Crippen molar-refractivity contribution in [1.82, 2.24) is 29.7 Å². The van der Waals surface area contributed by atoms with E-state index in [4.69, 9.17) is 20.9 Å². The van der Waals surface area contributed by atoms with Gasteiger partial charge < -0.3 is 19.1 Å². The first kappa shape index (κ1) is 27.9. The Morgan fingerprint density at radius 3 is 2.42 bits per heavy atom. The number of piperazine rings is 1. The van der Waals surface area contributed by atoms with Gasteiger partial charge in [-0.2, -0.15) is 10.1 Å². The van der Waals surface area contributed by atoms with Gasteiger partial charge in [-0.25, -0.2) is 18.0 Å². The van der Waals surface area contributed by atoms with E-state index in [2.05, 4.69) is 15.2 Å². The van der Waals surface area contributed by atoms with Crippen molar-refractivity contribution in [2.75, 3.05) is 26.2 Å². The number of rotatable bonds is 6. The molecule has 2 aliphatic rings. The monoisotopic (exact) mass is 580 g/mol. The number of hydrogen-bond donors (Lipinski definition) is 0. The molecule has 3 aromatic rings. The van der Waals surface area contributed by atoms with E-state index >= 15 is 0 Å². The highest BCUT2D eigenvalue weighted by atomic mass is 35.5. The van der Waals surface area contributed by atoms with Gasteiger partial charge in [0.15, 0.2) is 11.5 Å². The number of aromatic nitrogens is 4. The number of carbonyl (C=O) groups is 2. The molecule has 2 fully saturated rings.